The Balaban J connectivity index is 1.96. The van der Waals surface area contributed by atoms with Crippen molar-refractivity contribution < 1.29 is 9.59 Å². The highest BCUT2D eigenvalue weighted by Gasteiger charge is 2.45. The third-order valence-corrected chi connectivity index (χ3v) is 3.32. The zero-order chi connectivity index (χ0) is 15.0. The van der Waals surface area contributed by atoms with Crippen LogP contribution in [0.5, 0.6) is 0 Å². The molecule has 5 nitrogen and oxygen atoms in total. The molecule has 0 aliphatic heterocycles. The summed E-state index contributed by atoms with van der Waals surface area (Å²) >= 11 is 0. The van der Waals surface area contributed by atoms with Crippen molar-refractivity contribution >= 4 is 23.2 Å². The van der Waals surface area contributed by atoms with Crippen LogP contribution in [-0.2, 0) is 9.59 Å². The molecule has 1 aromatic carbocycles. The van der Waals surface area contributed by atoms with Crippen LogP contribution in [0.3, 0.4) is 0 Å². The molecule has 0 atom stereocenters. The number of hydrogen-bond acceptors (Lipinski definition) is 3. The van der Waals surface area contributed by atoms with E-state index in [-0.39, 0.29) is 11.8 Å². The van der Waals surface area contributed by atoms with Crippen LogP contribution in [0.15, 0.2) is 24.3 Å². The molecule has 108 valence electrons. The van der Waals surface area contributed by atoms with E-state index in [1.807, 2.05) is 20.8 Å². The molecular formula is C15H21N3O2. The smallest absolute Gasteiger partial charge is 0.244 e. The highest BCUT2D eigenvalue weighted by atomic mass is 16.2. The normalized spacial score (nSPS) is 16.4. The first-order chi connectivity index (χ1) is 9.21. The van der Waals surface area contributed by atoms with Gasteiger partial charge in [0.15, 0.2) is 0 Å². The number of anilines is 2. The maximum Gasteiger partial charge on any atom is 0.244 e. The second-order valence-corrected chi connectivity index (χ2v) is 6.39. The maximum absolute atomic E-state index is 11.8. The number of benzene rings is 1. The zero-order valence-corrected chi connectivity index (χ0v) is 12.1. The summed E-state index contributed by atoms with van der Waals surface area (Å²) in [5, 5.41) is 5.61. The van der Waals surface area contributed by atoms with Crippen molar-refractivity contribution in [2.75, 3.05) is 10.6 Å². The first kappa shape index (κ1) is 14.5. The molecule has 4 N–H and O–H groups in total. The average molecular weight is 275 g/mol. The summed E-state index contributed by atoms with van der Waals surface area (Å²) in [6.45, 7) is 5.56. The van der Waals surface area contributed by atoms with E-state index in [4.69, 9.17) is 5.73 Å². The largest absolute Gasteiger partial charge is 0.326 e. The lowest BCUT2D eigenvalue weighted by Crippen LogP contribution is -2.37. The second kappa shape index (κ2) is 4.90. The lowest BCUT2D eigenvalue weighted by atomic mass is 9.95. The van der Waals surface area contributed by atoms with Crippen LogP contribution in [-0.4, -0.2) is 17.4 Å². The van der Waals surface area contributed by atoms with Crippen LogP contribution in [0.2, 0.25) is 0 Å². The van der Waals surface area contributed by atoms with E-state index >= 15 is 0 Å². The first-order valence-corrected chi connectivity index (χ1v) is 6.73. The predicted molar refractivity (Wildman–Crippen MR) is 79.3 cm³/mol. The number of carbonyl (C=O) groups is 2. The van der Waals surface area contributed by atoms with Crippen LogP contribution in [0.25, 0.3) is 0 Å². The molecule has 2 rings (SSSR count). The first-order valence-electron chi connectivity index (χ1n) is 6.73. The van der Waals surface area contributed by atoms with Gasteiger partial charge in [-0.1, -0.05) is 20.8 Å². The Bertz CT molecular complexity index is 487. The Labute approximate surface area is 118 Å². The Morgan fingerprint density at radius 1 is 1.05 bits per heavy atom. The van der Waals surface area contributed by atoms with Crippen molar-refractivity contribution in [1.29, 1.82) is 0 Å². The third kappa shape index (κ3) is 3.36. The van der Waals surface area contributed by atoms with Crippen LogP contribution in [0, 0.1) is 5.41 Å². The molecule has 0 unspecified atom stereocenters. The van der Waals surface area contributed by atoms with Crippen molar-refractivity contribution in [3.8, 4) is 0 Å². The lowest BCUT2D eigenvalue weighted by Gasteiger charge is -2.18. The molecule has 1 aliphatic rings. The third-order valence-electron chi connectivity index (χ3n) is 3.32. The predicted octanol–water partition coefficient (Wildman–Crippen LogP) is 2.10. The Hall–Kier alpha value is -1.88. The molecule has 0 radical (unpaired) electrons. The minimum absolute atomic E-state index is 0.0480. The Morgan fingerprint density at radius 2 is 1.50 bits per heavy atom. The number of hydrogen-bond donors (Lipinski definition) is 3. The van der Waals surface area contributed by atoms with Crippen molar-refractivity contribution in [2.24, 2.45) is 11.1 Å². The molecule has 20 heavy (non-hydrogen) atoms. The summed E-state index contributed by atoms with van der Waals surface area (Å²) < 4.78 is 0. The van der Waals surface area contributed by atoms with Gasteiger partial charge in [-0.2, -0.15) is 0 Å². The van der Waals surface area contributed by atoms with Gasteiger partial charge in [0.05, 0.1) is 5.54 Å². The second-order valence-electron chi connectivity index (χ2n) is 6.39. The summed E-state index contributed by atoms with van der Waals surface area (Å²) in [5.74, 6) is -0.197. The number of nitrogens with two attached hydrogens (primary N) is 1. The molecule has 1 saturated carbocycles. The quantitative estimate of drug-likeness (QED) is 0.789. The fourth-order valence-corrected chi connectivity index (χ4v) is 1.57. The molecule has 0 saturated heterocycles. The van der Waals surface area contributed by atoms with E-state index < -0.39 is 11.0 Å². The molecule has 2 amide bonds. The van der Waals surface area contributed by atoms with Gasteiger partial charge in [-0.3, -0.25) is 9.59 Å². The van der Waals surface area contributed by atoms with Gasteiger partial charge < -0.3 is 16.4 Å². The van der Waals surface area contributed by atoms with Crippen LogP contribution >= 0.6 is 0 Å². The van der Waals surface area contributed by atoms with Gasteiger partial charge in [-0.25, -0.2) is 0 Å². The van der Waals surface area contributed by atoms with Gasteiger partial charge in [0.2, 0.25) is 11.8 Å². The van der Waals surface area contributed by atoms with E-state index in [0.29, 0.717) is 11.4 Å². The topological polar surface area (TPSA) is 84.2 Å². The van der Waals surface area contributed by atoms with Gasteiger partial charge in [-0.05, 0) is 37.1 Å². The van der Waals surface area contributed by atoms with Gasteiger partial charge in [0.1, 0.15) is 0 Å². The number of carbonyl (C=O) groups excluding carboxylic acids is 2. The highest BCUT2D eigenvalue weighted by Crippen LogP contribution is 2.33. The number of amides is 2. The summed E-state index contributed by atoms with van der Waals surface area (Å²) in [7, 11) is 0. The van der Waals surface area contributed by atoms with E-state index in [9.17, 15) is 9.59 Å². The fraction of sp³-hybridized carbons (Fsp3) is 0.467. The SMILES string of the molecule is CC(C)(C)C(=O)Nc1ccc(NC(=O)C2(N)CC2)cc1. The molecule has 1 aliphatic carbocycles. The standard InChI is InChI=1S/C15H21N3O2/c1-14(2,3)12(19)17-10-4-6-11(7-5-10)18-13(20)15(16)8-9-15/h4-7H,8-9,16H2,1-3H3,(H,17,19)(H,18,20). The fourth-order valence-electron chi connectivity index (χ4n) is 1.57. The van der Waals surface area contributed by atoms with Gasteiger partial charge in [-0.15, -0.1) is 0 Å². The van der Waals surface area contributed by atoms with E-state index in [1.165, 1.54) is 0 Å². The molecule has 5 heteroatoms. The lowest BCUT2D eigenvalue weighted by molar-refractivity contribution is -0.123. The summed E-state index contributed by atoms with van der Waals surface area (Å²) in [5.41, 5.74) is 6.08. The van der Waals surface area contributed by atoms with Crippen molar-refractivity contribution in [1.82, 2.24) is 0 Å². The average Bonchev–Trinajstić information content (AvgIpc) is 3.10. The minimum Gasteiger partial charge on any atom is -0.326 e. The Kier molecular flexibility index (Phi) is 3.56. The van der Waals surface area contributed by atoms with Crippen LogP contribution in [0.1, 0.15) is 33.6 Å². The molecular weight excluding hydrogens is 254 g/mol. The van der Waals surface area contributed by atoms with Crippen LogP contribution < -0.4 is 16.4 Å². The number of nitrogens with one attached hydrogen (secondary N) is 2. The molecule has 0 heterocycles. The summed E-state index contributed by atoms with van der Waals surface area (Å²) in [4.78, 5) is 23.6. The summed E-state index contributed by atoms with van der Waals surface area (Å²) in [6, 6.07) is 7.02. The van der Waals surface area contributed by atoms with E-state index in [0.717, 1.165) is 12.8 Å². The molecule has 1 fully saturated rings. The van der Waals surface area contributed by atoms with Crippen LogP contribution in [0.4, 0.5) is 11.4 Å². The Morgan fingerprint density at radius 3 is 1.90 bits per heavy atom. The zero-order valence-electron chi connectivity index (χ0n) is 12.1. The molecule has 0 bridgehead atoms. The van der Waals surface area contributed by atoms with Gasteiger partial charge >= 0.3 is 0 Å². The van der Waals surface area contributed by atoms with E-state index in [2.05, 4.69) is 10.6 Å². The highest BCUT2D eigenvalue weighted by molar-refractivity contribution is 6.00. The summed E-state index contributed by atoms with van der Waals surface area (Å²) in [6.07, 6.45) is 1.47. The van der Waals surface area contributed by atoms with Crippen molar-refractivity contribution in [3.05, 3.63) is 24.3 Å². The molecule has 0 spiro atoms. The van der Waals surface area contributed by atoms with Gasteiger partial charge in [0.25, 0.3) is 0 Å². The number of rotatable bonds is 3. The molecule has 1 aromatic rings. The minimum atomic E-state index is -0.681. The van der Waals surface area contributed by atoms with Crippen molar-refractivity contribution in [2.45, 2.75) is 39.2 Å². The van der Waals surface area contributed by atoms with Gasteiger partial charge in [0, 0.05) is 16.8 Å². The maximum atomic E-state index is 11.8. The molecule has 0 aromatic heterocycles. The van der Waals surface area contributed by atoms with Crippen molar-refractivity contribution in [3.63, 3.8) is 0 Å². The van der Waals surface area contributed by atoms with E-state index in [1.54, 1.807) is 24.3 Å². The monoisotopic (exact) mass is 275 g/mol.